The lowest BCUT2D eigenvalue weighted by atomic mass is 10.2. The highest BCUT2D eigenvalue weighted by Crippen LogP contribution is 2.08. The van der Waals surface area contributed by atoms with Gasteiger partial charge in [-0.05, 0) is 6.42 Å². The van der Waals surface area contributed by atoms with E-state index >= 15 is 0 Å². The van der Waals surface area contributed by atoms with Crippen LogP contribution in [-0.4, -0.2) is 62.0 Å². The highest BCUT2D eigenvalue weighted by Gasteiger charge is 2.22. The lowest BCUT2D eigenvalue weighted by Gasteiger charge is -2.31. The Morgan fingerprint density at radius 2 is 1.93 bits per heavy atom. The molecule has 0 aromatic carbocycles. The van der Waals surface area contributed by atoms with Crippen LogP contribution in [0.2, 0.25) is 0 Å². The highest BCUT2D eigenvalue weighted by molar-refractivity contribution is 5.68. The Hall–Kier alpha value is -0.810. The number of rotatable bonds is 2. The summed E-state index contributed by atoms with van der Waals surface area (Å²) in [7, 11) is 0. The number of carbonyl (C=O) groups is 1. The standard InChI is InChI=1S/C9H16N2O3/c12-9(11-2-1-3-11)14-8-10-4-6-13-7-5-10/h1-8H2. The van der Waals surface area contributed by atoms with Crippen LogP contribution >= 0.6 is 0 Å². The van der Waals surface area contributed by atoms with E-state index < -0.39 is 0 Å². The third-order valence-corrected chi connectivity index (χ3v) is 2.59. The first-order valence-corrected chi connectivity index (χ1v) is 5.08. The molecule has 0 aromatic rings. The Kier molecular flexibility index (Phi) is 3.21. The average Bonchev–Trinajstić information content (AvgIpc) is 2.14. The van der Waals surface area contributed by atoms with Crippen molar-refractivity contribution < 1.29 is 14.3 Å². The molecule has 2 aliphatic rings. The number of carbonyl (C=O) groups excluding carboxylic acids is 1. The minimum Gasteiger partial charge on any atom is -0.433 e. The first-order chi connectivity index (χ1) is 6.86. The summed E-state index contributed by atoms with van der Waals surface area (Å²) in [6, 6.07) is 0. The van der Waals surface area contributed by atoms with Crippen molar-refractivity contribution in [3.8, 4) is 0 Å². The predicted octanol–water partition coefficient (Wildman–Crippen LogP) is 0.118. The topological polar surface area (TPSA) is 42.0 Å². The molecule has 0 saturated carbocycles. The molecule has 2 saturated heterocycles. The van der Waals surface area contributed by atoms with E-state index in [0.717, 1.165) is 45.8 Å². The van der Waals surface area contributed by atoms with E-state index in [1.165, 1.54) is 0 Å². The number of nitrogens with zero attached hydrogens (tertiary/aromatic N) is 2. The number of amides is 1. The lowest BCUT2D eigenvalue weighted by Crippen LogP contribution is -2.45. The fourth-order valence-electron chi connectivity index (χ4n) is 1.47. The van der Waals surface area contributed by atoms with Crippen molar-refractivity contribution in [2.24, 2.45) is 0 Å². The van der Waals surface area contributed by atoms with Gasteiger partial charge < -0.3 is 14.4 Å². The molecule has 2 heterocycles. The fourth-order valence-corrected chi connectivity index (χ4v) is 1.47. The van der Waals surface area contributed by atoms with Crippen LogP contribution in [0.5, 0.6) is 0 Å². The summed E-state index contributed by atoms with van der Waals surface area (Å²) >= 11 is 0. The number of morpholine rings is 1. The molecule has 0 unspecified atom stereocenters. The first-order valence-electron chi connectivity index (χ1n) is 5.08. The minimum atomic E-state index is -0.178. The number of ether oxygens (including phenoxy) is 2. The van der Waals surface area contributed by atoms with Gasteiger partial charge in [0.1, 0.15) is 6.73 Å². The molecule has 0 bridgehead atoms. The van der Waals surface area contributed by atoms with Crippen LogP contribution in [0.1, 0.15) is 6.42 Å². The smallest absolute Gasteiger partial charge is 0.411 e. The van der Waals surface area contributed by atoms with Gasteiger partial charge >= 0.3 is 6.09 Å². The van der Waals surface area contributed by atoms with Gasteiger partial charge in [0, 0.05) is 26.2 Å². The normalized spacial score (nSPS) is 23.0. The summed E-state index contributed by atoms with van der Waals surface area (Å²) in [5, 5.41) is 0. The van der Waals surface area contributed by atoms with Crippen molar-refractivity contribution >= 4 is 6.09 Å². The summed E-state index contributed by atoms with van der Waals surface area (Å²) in [6.07, 6.45) is 0.926. The summed E-state index contributed by atoms with van der Waals surface area (Å²) in [5.74, 6) is 0. The van der Waals surface area contributed by atoms with Crippen molar-refractivity contribution in [3.05, 3.63) is 0 Å². The SMILES string of the molecule is O=C(OCN1CCOCC1)N1CCC1. The third kappa shape index (κ3) is 2.36. The maximum atomic E-state index is 11.3. The lowest BCUT2D eigenvalue weighted by molar-refractivity contribution is -0.0211. The maximum Gasteiger partial charge on any atom is 0.411 e. The van der Waals surface area contributed by atoms with Gasteiger partial charge in [-0.15, -0.1) is 0 Å². The molecule has 5 nitrogen and oxygen atoms in total. The van der Waals surface area contributed by atoms with E-state index in [2.05, 4.69) is 4.90 Å². The highest BCUT2D eigenvalue weighted by atomic mass is 16.6. The Morgan fingerprint density at radius 1 is 1.21 bits per heavy atom. The van der Waals surface area contributed by atoms with Gasteiger partial charge in [0.15, 0.2) is 0 Å². The second-order valence-electron chi connectivity index (χ2n) is 3.61. The van der Waals surface area contributed by atoms with Gasteiger partial charge in [-0.2, -0.15) is 0 Å². The van der Waals surface area contributed by atoms with Gasteiger partial charge in [-0.1, -0.05) is 0 Å². The molecule has 0 atom stereocenters. The summed E-state index contributed by atoms with van der Waals surface area (Å²) in [5.41, 5.74) is 0. The van der Waals surface area contributed by atoms with Crippen molar-refractivity contribution in [2.75, 3.05) is 46.1 Å². The van der Waals surface area contributed by atoms with Crippen LogP contribution in [0.4, 0.5) is 4.79 Å². The third-order valence-electron chi connectivity index (χ3n) is 2.59. The molecular formula is C9H16N2O3. The number of hydrogen-bond donors (Lipinski definition) is 0. The van der Waals surface area contributed by atoms with Crippen molar-refractivity contribution in [1.82, 2.24) is 9.80 Å². The Bertz CT molecular complexity index is 200. The van der Waals surface area contributed by atoms with Crippen LogP contribution < -0.4 is 0 Å². The number of likely N-dealkylation sites (tertiary alicyclic amines) is 1. The quantitative estimate of drug-likeness (QED) is 0.635. The van der Waals surface area contributed by atoms with Crippen LogP contribution in [0, 0.1) is 0 Å². The monoisotopic (exact) mass is 200 g/mol. The number of hydrogen-bond acceptors (Lipinski definition) is 4. The molecule has 14 heavy (non-hydrogen) atoms. The average molecular weight is 200 g/mol. The van der Waals surface area contributed by atoms with Crippen molar-refractivity contribution in [1.29, 1.82) is 0 Å². The molecule has 0 radical (unpaired) electrons. The molecule has 0 N–H and O–H groups in total. The molecule has 2 rings (SSSR count). The van der Waals surface area contributed by atoms with E-state index in [0.29, 0.717) is 6.73 Å². The molecule has 2 aliphatic heterocycles. The Balaban J connectivity index is 1.62. The fraction of sp³-hybridized carbons (Fsp3) is 0.889. The van der Waals surface area contributed by atoms with Crippen molar-refractivity contribution in [2.45, 2.75) is 6.42 Å². The van der Waals surface area contributed by atoms with Crippen LogP contribution in [0.25, 0.3) is 0 Å². The van der Waals surface area contributed by atoms with E-state index in [1.54, 1.807) is 4.90 Å². The van der Waals surface area contributed by atoms with Gasteiger partial charge in [-0.3, -0.25) is 4.90 Å². The second-order valence-corrected chi connectivity index (χ2v) is 3.61. The molecule has 2 fully saturated rings. The van der Waals surface area contributed by atoms with Crippen LogP contribution in [0.15, 0.2) is 0 Å². The van der Waals surface area contributed by atoms with E-state index in [-0.39, 0.29) is 6.09 Å². The Morgan fingerprint density at radius 3 is 2.50 bits per heavy atom. The van der Waals surface area contributed by atoms with E-state index in [9.17, 15) is 4.79 Å². The molecular weight excluding hydrogens is 184 g/mol. The Labute approximate surface area is 83.6 Å². The first kappa shape index (κ1) is 9.73. The zero-order valence-electron chi connectivity index (χ0n) is 8.28. The van der Waals surface area contributed by atoms with Crippen LogP contribution in [0.3, 0.4) is 0 Å². The molecule has 5 heteroatoms. The summed E-state index contributed by atoms with van der Waals surface area (Å²) in [4.78, 5) is 15.1. The van der Waals surface area contributed by atoms with Crippen molar-refractivity contribution in [3.63, 3.8) is 0 Å². The molecule has 0 aliphatic carbocycles. The molecule has 80 valence electrons. The second kappa shape index (κ2) is 4.61. The molecule has 0 aromatic heterocycles. The van der Waals surface area contributed by atoms with Gasteiger partial charge in [-0.25, -0.2) is 4.79 Å². The van der Waals surface area contributed by atoms with E-state index in [4.69, 9.17) is 9.47 Å². The zero-order chi connectivity index (χ0) is 9.80. The molecule has 0 spiro atoms. The largest absolute Gasteiger partial charge is 0.433 e. The van der Waals surface area contributed by atoms with Gasteiger partial charge in [0.25, 0.3) is 0 Å². The molecule has 1 amide bonds. The summed E-state index contributed by atoms with van der Waals surface area (Å²) < 4.78 is 10.3. The predicted molar refractivity (Wildman–Crippen MR) is 49.9 cm³/mol. The zero-order valence-corrected chi connectivity index (χ0v) is 8.28. The summed E-state index contributed by atoms with van der Waals surface area (Å²) in [6.45, 7) is 5.28. The van der Waals surface area contributed by atoms with Crippen LogP contribution in [-0.2, 0) is 9.47 Å². The van der Waals surface area contributed by atoms with Gasteiger partial charge in [0.2, 0.25) is 0 Å². The van der Waals surface area contributed by atoms with E-state index in [1.807, 2.05) is 0 Å². The van der Waals surface area contributed by atoms with Gasteiger partial charge in [0.05, 0.1) is 13.2 Å². The maximum absolute atomic E-state index is 11.3. The minimum absolute atomic E-state index is 0.178.